The number of methoxy groups -OCH3 is 1. The first kappa shape index (κ1) is 11.5. The molecule has 0 radical (unpaired) electrons. The molecule has 0 aromatic carbocycles. The summed E-state index contributed by atoms with van der Waals surface area (Å²) in [7, 11) is 1.65. The first-order valence-electron chi connectivity index (χ1n) is 5.89. The fourth-order valence-corrected chi connectivity index (χ4v) is 2.37. The summed E-state index contributed by atoms with van der Waals surface area (Å²) in [5, 5.41) is 17.4. The maximum Gasteiger partial charge on any atom is 0.114 e. The Hall–Kier alpha value is -0.940. The van der Waals surface area contributed by atoms with E-state index >= 15 is 0 Å². The van der Waals surface area contributed by atoms with Gasteiger partial charge in [-0.1, -0.05) is 24.5 Å². The number of hydrogen-bond donors (Lipinski definition) is 1. The molecule has 1 fully saturated rings. The van der Waals surface area contributed by atoms with Crippen LogP contribution in [0.2, 0.25) is 0 Å². The molecule has 0 bridgehead atoms. The van der Waals surface area contributed by atoms with Crippen LogP contribution in [0.5, 0.6) is 0 Å². The molecule has 0 atom stereocenters. The zero-order chi connectivity index (χ0) is 11.4. The van der Waals surface area contributed by atoms with E-state index in [1.165, 1.54) is 19.3 Å². The number of aliphatic hydroxyl groups is 1. The number of ether oxygens (including phenoxy) is 1. The first-order chi connectivity index (χ1) is 7.86. The number of aliphatic hydroxyl groups excluding tert-OH is 1. The van der Waals surface area contributed by atoms with Crippen LogP contribution in [-0.4, -0.2) is 27.2 Å². The van der Waals surface area contributed by atoms with Crippen molar-refractivity contribution >= 4 is 0 Å². The molecule has 0 amide bonds. The predicted molar refractivity (Wildman–Crippen MR) is 58.8 cm³/mol. The van der Waals surface area contributed by atoms with Crippen LogP contribution in [-0.2, 0) is 18.0 Å². The summed E-state index contributed by atoms with van der Waals surface area (Å²) in [4.78, 5) is 0. The van der Waals surface area contributed by atoms with Gasteiger partial charge in [0.25, 0.3) is 0 Å². The van der Waals surface area contributed by atoms with Crippen LogP contribution < -0.4 is 0 Å². The van der Waals surface area contributed by atoms with Crippen molar-refractivity contribution in [1.29, 1.82) is 0 Å². The molecular weight excluding hydrogens is 206 g/mol. The van der Waals surface area contributed by atoms with Gasteiger partial charge in [-0.25, -0.2) is 4.68 Å². The van der Waals surface area contributed by atoms with Crippen molar-refractivity contribution in [3.63, 3.8) is 0 Å². The van der Waals surface area contributed by atoms with Gasteiger partial charge in [0, 0.05) is 7.11 Å². The Morgan fingerprint density at radius 1 is 1.38 bits per heavy atom. The minimum Gasteiger partial charge on any atom is -0.390 e. The maximum atomic E-state index is 9.19. The van der Waals surface area contributed by atoms with Gasteiger partial charge in [-0.15, -0.1) is 5.10 Å². The molecule has 1 aliphatic rings. The molecule has 1 aliphatic carbocycles. The van der Waals surface area contributed by atoms with Gasteiger partial charge >= 0.3 is 0 Å². The van der Waals surface area contributed by atoms with E-state index in [2.05, 4.69) is 10.3 Å². The van der Waals surface area contributed by atoms with Crippen molar-refractivity contribution < 1.29 is 9.84 Å². The third kappa shape index (κ3) is 2.25. The normalized spacial score (nSPS) is 17.9. The second kappa shape index (κ2) is 5.41. The highest BCUT2D eigenvalue weighted by Crippen LogP contribution is 2.29. The molecule has 0 saturated heterocycles. The largest absolute Gasteiger partial charge is 0.390 e. The van der Waals surface area contributed by atoms with Crippen LogP contribution >= 0.6 is 0 Å². The molecule has 1 aromatic rings. The van der Waals surface area contributed by atoms with Gasteiger partial charge < -0.3 is 9.84 Å². The summed E-state index contributed by atoms with van der Waals surface area (Å²) in [5.74, 6) is 0. The highest BCUT2D eigenvalue weighted by molar-refractivity contribution is 5.09. The van der Waals surface area contributed by atoms with Crippen molar-refractivity contribution in [1.82, 2.24) is 15.0 Å². The van der Waals surface area contributed by atoms with E-state index in [1.807, 2.05) is 4.68 Å². The number of nitrogens with zero attached hydrogens (tertiary/aromatic N) is 3. The van der Waals surface area contributed by atoms with Crippen LogP contribution in [0.3, 0.4) is 0 Å². The average Bonchev–Trinajstić information content (AvgIpc) is 2.74. The molecule has 5 nitrogen and oxygen atoms in total. The van der Waals surface area contributed by atoms with Crippen LogP contribution in [0.25, 0.3) is 0 Å². The van der Waals surface area contributed by atoms with E-state index in [-0.39, 0.29) is 6.61 Å². The Kier molecular flexibility index (Phi) is 3.90. The molecule has 1 saturated carbocycles. The Balaban J connectivity index is 2.20. The molecule has 1 heterocycles. The average molecular weight is 225 g/mol. The molecule has 1 N–H and O–H groups in total. The molecule has 90 valence electrons. The Labute approximate surface area is 95.4 Å². The number of aromatic nitrogens is 3. The summed E-state index contributed by atoms with van der Waals surface area (Å²) < 4.78 is 7.10. The third-order valence-electron chi connectivity index (χ3n) is 3.22. The minimum absolute atomic E-state index is 0.0641. The lowest BCUT2D eigenvalue weighted by atomic mass is 9.95. The monoisotopic (exact) mass is 225 g/mol. The summed E-state index contributed by atoms with van der Waals surface area (Å²) in [6, 6.07) is 0.437. The Bertz CT molecular complexity index is 332. The van der Waals surface area contributed by atoms with Gasteiger partial charge in [0.1, 0.15) is 5.69 Å². The van der Waals surface area contributed by atoms with Crippen LogP contribution in [0.1, 0.15) is 49.5 Å². The molecule has 16 heavy (non-hydrogen) atoms. The Morgan fingerprint density at radius 2 is 2.12 bits per heavy atom. The van der Waals surface area contributed by atoms with E-state index in [0.717, 1.165) is 18.5 Å². The van der Waals surface area contributed by atoms with Crippen molar-refractivity contribution in [2.45, 2.75) is 51.4 Å². The molecular formula is C11H19N3O2. The highest BCUT2D eigenvalue weighted by Gasteiger charge is 2.21. The standard InChI is InChI=1S/C11H19N3O2/c1-16-8-11-10(7-15)12-13-14(11)9-5-3-2-4-6-9/h9,15H,2-8H2,1H3. The number of rotatable bonds is 4. The summed E-state index contributed by atoms with van der Waals surface area (Å²) in [6.07, 6.45) is 6.14. The summed E-state index contributed by atoms with van der Waals surface area (Å²) in [5.41, 5.74) is 1.57. The lowest BCUT2D eigenvalue weighted by Crippen LogP contribution is -2.17. The third-order valence-corrected chi connectivity index (χ3v) is 3.22. The second-order valence-corrected chi connectivity index (χ2v) is 4.31. The topological polar surface area (TPSA) is 60.2 Å². The first-order valence-corrected chi connectivity index (χ1v) is 5.89. The smallest absolute Gasteiger partial charge is 0.114 e. The van der Waals surface area contributed by atoms with E-state index in [9.17, 15) is 5.11 Å². The minimum atomic E-state index is -0.0641. The quantitative estimate of drug-likeness (QED) is 0.842. The molecule has 0 unspecified atom stereocenters. The van der Waals surface area contributed by atoms with Crippen molar-refractivity contribution in [2.75, 3.05) is 7.11 Å². The molecule has 5 heteroatoms. The molecule has 1 aromatic heterocycles. The van der Waals surface area contributed by atoms with Gasteiger partial charge in [0.2, 0.25) is 0 Å². The molecule has 0 aliphatic heterocycles. The summed E-state index contributed by atoms with van der Waals surface area (Å²) in [6.45, 7) is 0.408. The number of hydrogen-bond acceptors (Lipinski definition) is 4. The van der Waals surface area contributed by atoms with E-state index < -0.39 is 0 Å². The van der Waals surface area contributed by atoms with E-state index in [4.69, 9.17) is 4.74 Å². The van der Waals surface area contributed by atoms with Crippen molar-refractivity contribution in [3.8, 4) is 0 Å². The molecule has 2 rings (SSSR count). The van der Waals surface area contributed by atoms with Gasteiger partial charge in [0.05, 0.1) is 24.9 Å². The zero-order valence-electron chi connectivity index (χ0n) is 9.72. The lowest BCUT2D eigenvalue weighted by molar-refractivity contribution is 0.167. The van der Waals surface area contributed by atoms with Crippen molar-refractivity contribution in [2.24, 2.45) is 0 Å². The predicted octanol–water partition coefficient (Wildman–Crippen LogP) is 1.42. The maximum absolute atomic E-state index is 9.19. The van der Waals surface area contributed by atoms with E-state index in [0.29, 0.717) is 18.3 Å². The van der Waals surface area contributed by atoms with Crippen LogP contribution in [0.15, 0.2) is 0 Å². The van der Waals surface area contributed by atoms with Crippen molar-refractivity contribution in [3.05, 3.63) is 11.4 Å². The fourth-order valence-electron chi connectivity index (χ4n) is 2.37. The fraction of sp³-hybridized carbons (Fsp3) is 0.818. The lowest BCUT2D eigenvalue weighted by Gasteiger charge is -2.23. The van der Waals surface area contributed by atoms with Gasteiger partial charge in [-0.05, 0) is 12.8 Å². The summed E-state index contributed by atoms with van der Waals surface area (Å²) >= 11 is 0. The van der Waals surface area contributed by atoms with Gasteiger partial charge in [0.15, 0.2) is 0 Å². The Morgan fingerprint density at radius 3 is 2.75 bits per heavy atom. The molecule has 0 spiro atoms. The second-order valence-electron chi connectivity index (χ2n) is 4.31. The van der Waals surface area contributed by atoms with Gasteiger partial charge in [-0.3, -0.25) is 0 Å². The van der Waals surface area contributed by atoms with Crippen LogP contribution in [0, 0.1) is 0 Å². The zero-order valence-corrected chi connectivity index (χ0v) is 9.72. The van der Waals surface area contributed by atoms with E-state index in [1.54, 1.807) is 7.11 Å². The SMILES string of the molecule is COCc1c(CO)nnn1C1CCCCC1. The van der Waals surface area contributed by atoms with Crippen LogP contribution in [0.4, 0.5) is 0 Å². The van der Waals surface area contributed by atoms with Gasteiger partial charge in [-0.2, -0.15) is 0 Å². The highest BCUT2D eigenvalue weighted by atomic mass is 16.5.